The van der Waals surface area contributed by atoms with E-state index in [1.807, 2.05) is 0 Å². The zero-order valence-electron chi connectivity index (χ0n) is 11.1. The molecule has 0 rings (SSSR count). The Morgan fingerprint density at radius 2 is 1.29 bits per heavy atom. The monoisotopic (exact) mass is 286 g/mol. The first-order valence-electron chi connectivity index (χ1n) is 4.87. The average molecular weight is 286 g/mol. The SMILES string of the molecule is COP(=O)(CC(=C(C)C)P(=O)(OC)OC)OC. The Bertz CT molecular complexity index is 356. The van der Waals surface area contributed by atoms with E-state index in [0.717, 1.165) is 0 Å². The quantitative estimate of drug-likeness (QED) is 0.669. The fourth-order valence-electron chi connectivity index (χ4n) is 1.20. The minimum Gasteiger partial charge on any atom is -0.312 e. The smallest absolute Gasteiger partial charge is 0.312 e. The molecule has 0 saturated heterocycles. The summed E-state index contributed by atoms with van der Waals surface area (Å²) in [6.07, 6.45) is -0.124. The predicted octanol–water partition coefficient (Wildman–Crippen LogP) is 3.25. The summed E-state index contributed by atoms with van der Waals surface area (Å²) in [5, 5.41) is 0.314. The van der Waals surface area contributed by atoms with Gasteiger partial charge in [0.15, 0.2) is 0 Å². The number of allylic oxidation sites excluding steroid dienone is 2. The van der Waals surface area contributed by atoms with Gasteiger partial charge >= 0.3 is 15.2 Å². The van der Waals surface area contributed by atoms with Crippen molar-refractivity contribution in [3.05, 3.63) is 10.9 Å². The Hall–Kier alpha value is 0.0400. The molecule has 0 unspecified atom stereocenters. The van der Waals surface area contributed by atoms with E-state index in [1.165, 1.54) is 28.4 Å². The van der Waals surface area contributed by atoms with Crippen molar-refractivity contribution in [3.63, 3.8) is 0 Å². The van der Waals surface area contributed by atoms with E-state index in [4.69, 9.17) is 18.1 Å². The zero-order chi connectivity index (χ0) is 13.7. The third-order valence-corrected chi connectivity index (χ3v) is 6.58. The van der Waals surface area contributed by atoms with Crippen molar-refractivity contribution in [3.8, 4) is 0 Å². The molecule has 0 aliphatic rings. The molecule has 0 aliphatic carbocycles. The molecule has 8 heteroatoms. The molecule has 0 aromatic rings. The van der Waals surface area contributed by atoms with Gasteiger partial charge in [0, 0.05) is 28.4 Å². The van der Waals surface area contributed by atoms with Crippen LogP contribution in [0, 0.1) is 0 Å². The Labute approximate surface area is 102 Å². The van der Waals surface area contributed by atoms with E-state index in [-0.39, 0.29) is 6.16 Å². The summed E-state index contributed by atoms with van der Waals surface area (Å²) in [6, 6.07) is 0. The summed E-state index contributed by atoms with van der Waals surface area (Å²) in [6.45, 7) is 3.46. The van der Waals surface area contributed by atoms with Gasteiger partial charge in [0.2, 0.25) is 0 Å². The van der Waals surface area contributed by atoms with Gasteiger partial charge in [0.1, 0.15) is 0 Å². The van der Waals surface area contributed by atoms with Crippen LogP contribution in [0.15, 0.2) is 10.9 Å². The topological polar surface area (TPSA) is 71.1 Å². The molecular formula is C9H20O6P2. The van der Waals surface area contributed by atoms with E-state index in [0.29, 0.717) is 10.9 Å². The highest BCUT2D eigenvalue weighted by Crippen LogP contribution is 2.62. The molecule has 0 spiro atoms. The molecule has 0 bridgehead atoms. The first-order valence-corrected chi connectivity index (χ1v) is 8.14. The number of hydrogen-bond donors (Lipinski definition) is 0. The summed E-state index contributed by atoms with van der Waals surface area (Å²) in [5.41, 5.74) is 0.700. The maximum Gasteiger partial charge on any atom is 0.357 e. The van der Waals surface area contributed by atoms with Crippen molar-refractivity contribution in [2.24, 2.45) is 0 Å². The third-order valence-electron chi connectivity index (χ3n) is 2.29. The zero-order valence-corrected chi connectivity index (χ0v) is 12.8. The van der Waals surface area contributed by atoms with Gasteiger partial charge < -0.3 is 18.1 Å². The Balaban J connectivity index is 5.40. The molecule has 0 atom stereocenters. The van der Waals surface area contributed by atoms with Crippen LogP contribution in [0.2, 0.25) is 0 Å². The molecule has 17 heavy (non-hydrogen) atoms. The number of hydrogen-bond acceptors (Lipinski definition) is 6. The van der Waals surface area contributed by atoms with Crippen molar-refractivity contribution >= 4 is 15.2 Å². The van der Waals surface area contributed by atoms with Crippen LogP contribution in [0.1, 0.15) is 13.8 Å². The van der Waals surface area contributed by atoms with Crippen molar-refractivity contribution in [2.45, 2.75) is 13.8 Å². The van der Waals surface area contributed by atoms with Gasteiger partial charge in [-0.25, -0.2) is 0 Å². The van der Waals surface area contributed by atoms with Crippen LogP contribution in [-0.4, -0.2) is 34.6 Å². The fourth-order valence-corrected chi connectivity index (χ4v) is 4.64. The van der Waals surface area contributed by atoms with Crippen molar-refractivity contribution in [2.75, 3.05) is 34.6 Å². The first kappa shape index (κ1) is 17.0. The van der Waals surface area contributed by atoms with Crippen molar-refractivity contribution < 1.29 is 27.2 Å². The molecule has 0 heterocycles. The molecular weight excluding hydrogens is 266 g/mol. The van der Waals surface area contributed by atoms with E-state index in [1.54, 1.807) is 13.8 Å². The first-order chi connectivity index (χ1) is 7.78. The maximum absolute atomic E-state index is 12.3. The summed E-state index contributed by atoms with van der Waals surface area (Å²) >= 11 is 0. The van der Waals surface area contributed by atoms with Crippen molar-refractivity contribution in [1.82, 2.24) is 0 Å². The van der Waals surface area contributed by atoms with E-state index in [9.17, 15) is 9.13 Å². The predicted molar refractivity (Wildman–Crippen MR) is 66.5 cm³/mol. The summed E-state index contributed by atoms with van der Waals surface area (Å²) in [7, 11) is -1.63. The Morgan fingerprint density at radius 1 is 0.882 bits per heavy atom. The lowest BCUT2D eigenvalue weighted by Gasteiger charge is -2.22. The fraction of sp³-hybridized carbons (Fsp3) is 0.778. The molecule has 0 aliphatic heterocycles. The molecule has 102 valence electrons. The lowest BCUT2D eigenvalue weighted by Crippen LogP contribution is -2.03. The Kier molecular flexibility index (Phi) is 6.85. The Morgan fingerprint density at radius 3 is 1.53 bits per heavy atom. The van der Waals surface area contributed by atoms with Gasteiger partial charge in [-0.2, -0.15) is 0 Å². The molecule has 0 aromatic carbocycles. The lowest BCUT2D eigenvalue weighted by atomic mass is 10.3. The maximum atomic E-state index is 12.3. The second-order valence-corrected chi connectivity index (χ2v) is 7.98. The minimum atomic E-state index is -3.42. The van der Waals surface area contributed by atoms with Crippen LogP contribution >= 0.6 is 15.2 Å². The van der Waals surface area contributed by atoms with E-state index < -0.39 is 15.2 Å². The standard InChI is InChI=1S/C9H20O6P2/c1-8(2)9(17(11,14-5)15-6)7-16(10,12-3)13-4/h7H2,1-6H3. The molecule has 0 saturated carbocycles. The van der Waals surface area contributed by atoms with Gasteiger partial charge in [-0.05, 0) is 13.8 Å². The molecule has 6 nitrogen and oxygen atoms in total. The summed E-state index contributed by atoms with van der Waals surface area (Å²) in [5.74, 6) is 0. The largest absolute Gasteiger partial charge is 0.357 e. The van der Waals surface area contributed by atoms with E-state index in [2.05, 4.69) is 0 Å². The molecule has 0 aromatic heterocycles. The van der Waals surface area contributed by atoms with Crippen LogP contribution in [-0.2, 0) is 27.2 Å². The van der Waals surface area contributed by atoms with Gasteiger partial charge in [0.05, 0.1) is 11.5 Å². The normalized spacial score (nSPS) is 12.6. The molecule has 0 N–H and O–H groups in total. The average Bonchev–Trinajstić information content (AvgIpc) is 2.34. The second-order valence-electron chi connectivity index (χ2n) is 3.44. The van der Waals surface area contributed by atoms with Crippen LogP contribution in [0.3, 0.4) is 0 Å². The van der Waals surface area contributed by atoms with Crippen LogP contribution < -0.4 is 0 Å². The molecule has 0 radical (unpaired) electrons. The van der Waals surface area contributed by atoms with Crippen LogP contribution in [0.25, 0.3) is 0 Å². The molecule has 0 amide bonds. The highest BCUT2D eigenvalue weighted by Gasteiger charge is 2.35. The lowest BCUT2D eigenvalue weighted by molar-refractivity contribution is 0.271. The van der Waals surface area contributed by atoms with Gasteiger partial charge in [-0.1, -0.05) is 5.57 Å². The summed E-state index contributed by atoms with van der Waals surface area (Å²) < 4.78 is 43.7. The summed E-state index contributed by atoms with van der Waals surface area (Å²) in [4.78, 5) is 0. The number of rotatable bonds is 7. The van der Waals surface area contributed by atoms with Gasteiger partial charge in [0.25, 0.3) is 0 Å². The third kappa shape index (κ3) is 4.32. The van der Waals surface area contributed by atoms with Gasteiger partial charge in [-0.3, -0.25) is 9.13 Å². The van der Waals surface area contributed by atoms with Crippen LogP contribution in [0.5, 0.6) is 0 Å². The van der Waals surface area contributed by atoms with Gasteiger partial charge in [-0.15, -0.1) is 0 Å². The highest BCUT2D eigenvalue weighted by atomic mass is 31.2. The van der Waals surface area contributed by atoms with Crippen molar-refractivity contribution in [1.29, 1.82) is 0 Å². The van der Waals surface area contributed by atoms with E-state index >= 15 is 0 Å². The highest BCUT2D eigenvalue weighted by molar-refractivity contribution is 7.61. The molecule has 0 fully saturated rings. The minimum absolute atomic E-state index is 0.124. The second kappa shape index (κ2) is 6.83. The van der Waals surface area contributed by atoms with Crippen LogP contribution in [0.4, 0.5) is 0 Å².